The van der Waals surface area contributed by atoms with E-state index in [2.05, 4.69) is 27.6 Å². The van der Waals surface area contributed by atoms with Crippen LogP contribution in [-0.4, -0.2) is 42.1 Å². The summed E-state index contributed by atoms with van der Waals surface area (Å²) in [6.07, 6.45) is 3.59. The minimum atomic E-state index is -0.315. The predicted octanol–water partition coefficient (Wildman–Crippen LogP) is 2.91. The summed E-state index contributed by atoms with van der Waals surface area (Å²) in [6, 6.07) is 9.37. The first-order valence-electron chi connectivity index (χ1n) is 8.70. The van der Waals surface area contributed by atoms with Gasteiger partial charge in [0.05, 0.1) is 0 Å². The summed E-state index contributed by atoms with van der Waals surface area (Å²) in [6.45, 7) is 2.40. The SMILES string of the molecule is CN1CCC(NC(=O)NCc2ccc(Oc3ccc(F)cc3)nc2)CC1. The van der Waals surface area contributed by atoms with Crippen molar-refractivity contribution < 1.29 is 13.9 Å². The van der Waals surface area contributed by atoms with E-state index in [0.717, 1.165) is 31.5 Å². The van der Waals surface area contributed by atoms with Crippen molar-refractivity contribution in [3.63, 3.8) is 0 Å². The zero-order chi connectivity index (χ0) is 18.4. The highest BCUT2D eigenvalue weighted by Crippen LogP contribution is 2.19. The number of amides is 2. The summed E-state index contributed by atoms with van der Waals surface area (Å²) < 4.78 is 18.4. The van der Waals surface area contributed by atoms with Gasteiger partial charge in [-0.15, -0.1) is 0 Å². The molecule has 0 spiro atoms. The number of ether oxygens (including phenoxy) is 1. The summed E-state index contributed by atoms with van der Waals surface area (Å²) in [4.78, 5) is 18.5. The molecule has 7 heteroatoms. The second-order valence-electron chi connectivity index (χ2n) is 6.47. The number of rotatable bonds is 5. The molecule has 3 rings (SSSR count). The Balaban J connectivity index is 1.43. The van der Waals surface area contributed by atoms with Crippen molar-refractivity contribution in [2.45, 2.75) is 25.4 Å². The van der Waals surface area contributed by atoms with Crippen molar-refractivity contribution >= 4 is 6.03 Å². The van der Waals surface area contributed by atoms with E-state index in [1.165, 1.54) is 12.1 Å². The molecule has 1 aliphatic rings. The van der Waals surface area contributed by atoms with Crippen LogP contribution in [0.5, 0.6) is 11.6 Å². The van der Waals surface area contributed by atoms with E-state index < -0.39 is 0 Å². The number of hydrogen-bond acceptors (Lipinski definition) is 4. The van der Waals surface area contributed by atoms with Crippen LogP contribution in [-0.2, 0) is 6.54 Å². The van der Waals surface area contributed by atoms with E-state index in [9.17, 15) is 9.18 Å². The van der Waals surface area contributed by atoms with Gasteiger partial charge in [-0.3, -0.25) is 0 Å². The number of likely N-dealkylation sites (tertiary alicyclic amines) is 1. The molecule has 1 aliphatic heterocycles. The second-order valence-corrected chi connectivity index (χ2v) is 6.47. The second kappa shape index (κ2) is 8.62. The highest BCUT2D eigenvalue weighted by atomic mass is 19.1. The van der Waals surface area contributed by atoms with Crippen LogP contribution in [0.1, 0.15) is 18.4 Å². The maximum atomic E-state index is 12.9. The van der Waals surface area contributed by atoms with E-state index in [0.29, 0.717) is 18.2 Å². The highest BCUT2D eigenvalue weighted by molar-refractivity contribution is 5.74. The quantitative estimate of drug-likeness (QED) is 0.863. The third kappa shape index (κ3) is 5.42. The number of nitrogens with zero attached hydrogens (tertiary/aromatic N) is 2. The molecule has 2 amide bonds. The Morgan fingerprint density at radius 2 is 1.96 bits per heavy atom. The van der Waals surface area contributed by atoms with Crippen molar-refractivity contribution in [3.05, 3.63) is 54.0 Å². The maximum absolute atomic E-state index is 12.9. The number of nitrogens with one attached hydrogen (secondary N) is 2. The highest BCUT2D eigenvalue weighted by Gasteiger charge is 2.18. The van der Waals surface area contributed by atoms with Gasteiger partial charge in [0.1, 0.15) is 11.6 Å². The van der Waals surface area contributed by atoms with Gasteiger partial charge in [-0.1, -0.05) is 6.07 Å². The van der Waals surface area contributed by atoms with E-state index in [4.69, 9.17) is 4.74 Å². The van der Waals surface area contributed by atoms with Gasteiger partial charge in [0, 0.05) is 24.8 Å². The van der Waals surface area contributed by atoms with E-state index in [-0.39, 0.29) is 17.9 Å². The molecule has 2 aromatic rings. The normalized spacial score (nSPS) is 15.5. The van der Waals surface area contributed by atoms with Gasteiger partial charge in [0.15, 0.2) is 0 Å². The Hall–Kier alpha value is -2.67. The molecule has 138 valence electrons. The van der Waals surface area contributed by atoms with Crippen LogP contribution >= 0.6 is 0 Å². The van der Waals surface area contributed by atoms with Crippen LogP contribution in [0.15, 0.2) is 42.6 Å². The minimum absolute atomic E-state index is 0.161. The monoisotopic (exact) mass is 358 g/mol. The van der Waals surface area contributed by atoms with Gasteiger partial charge in [-0.2, -0.15) is 0 Å². The van der Waals surface area contributed by atoms with Crippen LogP contribution in [0.2, 0.25) is 0 Å². The van der Waals surface area contributed by atoms with Gasteiger partial charge in [-0.05, 0) is 62.8 Å². The smallest absolute Gasteiger partial charge is 0.315 e. The lowest BCUT2D eigenvalue weighted by molar-refractivity contribution is 0.213. The van der Waals surface area contributed by atoms with Crippen LogP contribution in [0, 0.1) is 5.82 Å². The molecule has 2 N–H and O–H groups in total. The first-order chi connectivity index (χ1) is 12.6. The average molecular weight is 358 g/mol. The molecule has 2 heterocycles. The lowest BCUT2D eigenvalue weighted by Gasteiger charge is -2.29. The lowest BCUT2D eigenvalue weighted by Crippen LogP contribution is -2.46. The van der Waals surface area contributed by atoms with Gasteiger partial charge >= 0.3 is 6.03 Å². The molecule has 1 aromatic heterocycles. The van der Waals surface area contributed by atoms with Crippen LogP contribution in [0.3, 0.4) is 0 Å². The Kier molecular flexibility index (Phi) is 6.01. The number of urea groups is 1. The molecule has 1 aromatic carbocycles. The number of benzene rings is 1. The fourth-order valence-electron chi connectivity index (χ4n) is 2.77. The number of pyridine rings is 1. The number of hydrogen-bond donors (Lipinski definition) is 2. The first-order valence-corrected chi connectivity index (χ1v) is 8.70. The molecule has 6 nitrogen and oxygen atoms in total. The van der Waals surface area contributed by atoms with Crippen molar-refractivity contribution in [2.75, 3.05) is 20.1 Å². The maximum Gasteiger partial charge on any atom is 0.315 e. The Labute approximate surface area is 152 Å². The molecule has 0 aliphatic carbocycles. The summed E-state index contributed by atoms with van der Waals surface area (Å²) in [5.74, 6) is 0.615. The van der Waals surface area contributed by atoms with Crippen molar-refractivity contribution in [1.82, 2.24) is 20.5 Å². The van der Waals surface area contributed by atoms with Crippen LogP contribution < -0.4 is 15.4 Å². The zero-order valence-corrected chi connectivity index (χ0v) is 14.7. The molecular formula is C19H23FN4O2. The standard InChI is InChI=1S/C19H23FN4O2/c1-24-10-8-16(9-11-24)23-19(25)22-13-14-2-7-18(21-12-14)26-17-5-3-15(20)4-6-17/h2-7,12,16H,8-11,13H2,1H3,(H2,22,23,25). The third-order valence-electron chi connectivity index (χ3n) is 4.34. The summed E-state index contributed by atoms with van der Waals surface area (Å²) in [5, 5.41) is 5.85. The fourth-order valence-corrected chi connectivity index (χ4v) is 2.77. The van der Waals surface area contributed by atoms with Crippen molar-refractivity contribution in [3.8, 4) is 11.6 Å². The molecule has 1 saturated heterocycles. The van der Waals surface area contributed by atoms with Crippen LogP contribution in [0.4, 0.5) is 9.18 Å². The number of piperidine rings is 1. The van der Waals surface area contributed by atoms with Crippen molar-refractivity contribution in [2.24, 2.45) is 0 Å². The van der Waals surface area contributed by atoms with E-state index in [1.54, 1.807) is 24.4 Å². The van der Waals surface area contributed by atoms with Crippen molar-refractivity contribution in [1.29, 1.82) is 0 Å². The topological polar surface area (TPSA) is 66.5 Å². The molecule has 26 heavy (non-hydrogen) atoms. The molecular weight excluding hydrogens is 335 g/mol. The molecule has 0 radical (unpaired) electrons. The van der Waals surface area contributed by atoms with Gasteiger partial charge in [0.25, 0.3) is 0 Å². The molecule has 0 saturated carbocycles. The summed E-state index contributed by atoms with van der Waals surface area (Å²) >= 11 is 0. The Morgan fingerprint density at radius 3 is 2.62 bits per heavy atom. The minimum Gasteiger partial charge on any atom is -0.439 e. The van der Waals surface area contributed by atoms with Gasteiger partial charge in [0.2, 0.25) is 5.88 Å². The first kappa shape index (κ1) is 18.1. The zero-order valence-electron chi connectivity index (χ0n) is 14.7. The molecule has 1 fully saturated rings. The van der Waals surface area contributed by atoms with E-state index >= 15 is 0 Å². The average Bonchev–Trinajstić information content (AvgIpc) is 2.65. The van der Waals surface area contributed by atoms with E-state index in [1.807, 2.05) is 6.07 Å². The molecule has 0 unspecified atom stereocenters. The lowest BCUT2D eigenvalue weighted by atomic mass is 10.1. The predicted molar refractivity (Wildman–Crippen MR) is 96.6 cm³/mol. The number of halogens is 1. The molecule has 0 bridgehead atoms. The summed E-state index contributed by atoms with van der Waals surface area (Å²) in [5.41, 5.74) is 0.870. The Morgan fingerprint density at radius 1 is 1.23 bits per heavy atom. The van der Waals surface area contributed by atoms with Crippen LogP contribution in [0.25, 0.3) is 0 Å². The Bertz CT molecular complexity index is 713. The number of carbonyl (C=O) groups excluding carboxylic acids is 1. The third-order valence-corrected chi connectivity index (χ3v) is 4.34. The van der Waals surface area contributed by atoms with Gasteiger partial charge < -0.3 is 20.3 Å². The summed E-state index contributed by atoms with van der Waals surface area (Å²) in [7, 11) is 2.09. The van der Waals surface area contributed by atoms with Gasteiger partial charge in [-0.25, -0.2) is 14.2 Å². The molecule has 0 atom stereocenters. The largest absolute Gasteiger partial charge is 0.439 e. The fraction of sp³-hybridized carbons (Fsp3) is 0.368. The number of aromatic nitrogens is 1. The number of carbonyl (C=O) groups is 1.